The topological polar surface area (TPSA) is 84.9 Å². The van der Waals surface area contributed by atoms with Crippen molar-refractivity contribution in [3.63, 3.8) is 0 Å². The van der Waals surface area contributed by atoms with E-state index in [0.717, 1.165) is 6.42 Å². The third-order valence-corrected chi connectivity index (χ3v) is 11.9. The second-order valence-electron chi connectivity index (χ2n) is 5.38. The molecule has 0 N–H and O–H groups in total. The summed E-state index contributed by atoms with van der Waals surface area (Å²) in [5.41, 5.74) is 0. The molecule has 0 bridgehead atoms. The van der Waals surface area contributed by atoms with Crippen molar-refractivity contribution in [2.45, 2.75) is 60.0 Å². The lowest BCUT2D eigenvalue weighted by Gasteiger charge is -2.33. The van der Waals surface area contributed by atoms with E-state index in [2.05, 4.69) is 8.53 Å². The lowest BCUT2D eigenvalue weighted by molar-refractivity contribution is -0.191. The molecule has 0 saturated heterocycles. The molecule has 22 heavy (non-hydrogen) atoms. The van der Waals surface area contributed by atoms with Crippen molar-refractivity contribution in [1.29, 1.82) is 0 Å². The maximum Gasteiger partial charge on any atom is 0.340 e. The van der Waals surface area contributed by atoms with Gasteiger partial charge in [-0.2, -0.15) is 0 Å². The molecule has 0 aliphatic heterocycles. The van der Waals surface area contributed by atoms with Crippen LogP contribution in [0.1, 0.15) is 53.9 Å². The summed E-state index contributed by atoms with van der Waals surface area (Å²) in [6.45, 7) is 9.15. The lowest BCUT2D eigenvalue weighted by Crippen LogP contribution is -2.10. The minimum absolute atomic E-state index is 0.0420. The van der Waals surface area contributed by atoms with E-state index < -0.39 is 22.2 Å². The minimum atomic E-state index is -4.18. The molecule has 0 aromatic carbocycles. The van der Waals surface area contributed by atoms with Gasteiger partial charge in [0, 0.05) is 12.3 Å². The van der Waals surface area contributed by atoms with E-state index in [9.17, 15) is 14.0 Å². The molecule has 134 valence electrons. The van der Waals surface area contributed by atoms with E-state index in [0.29, 0.717) is 19.0 Å². The van der Waals surface area contributed by atoms with Crippen molar-refractivity contribution >= 4 is 30.7 Å². The Kier molecular flexibility index (Phi) is 10.6. The van der Waals surface area contributed by atoms with E-state index in [-0.39, 0.29) is 18.4 Å². The van der Waals surface area contributed by atoms with Gasteiger partial charge in [-0.25, -0.2) is 0 Å². The van der Waals surface area contributed by atoms with Gasteiger partial charge in [0.2, 0.25) is 0 Å². The molecular weight excluding hydrogens is 364 g/mol. The van der Waals surface area contributed by atoms with Crippen molar-refractivity contribution in [2.75, 3.05) is 18.5 Å². The van der Waals surface area contributed by atoms with Gasteiger partial charge in [-0.1, -0.05) is 29.3 Å². The second kappa shape index (κ2) is 10.1. The molecular formula is C12H29O6P4-. The Hall–Kier alpha value is 1.03. The predicted octanol–water partition coefficient (Wildman–Crippen LogP) is 5.33. The highest BCUT2D eigenvalue weighted by atomic mass is 31.8. The van der Waals surface area contributed by atoms with Gasteiger partial charge in [-0.3, -0.25) is 13.2 Å². The second-order valence-corrected chi connectivity index (χ2v) is 14.1. The van der Waals surface area contributed by atoms with Crippen LogP contribution in [0.2, 0.25) is 0 Å². The van der Waals surface area contributed by atoms with Crippen LogP contribution in [-0.2, 0) is 22.3 Å². The molecule has 0 aliphatic carbocycles. The molecule has 0 aromatic rings. The number of rotatable bonds is 12. The molecule has 0 radical (unpaired) electrons. The Balaban J connectivity index is 5.32. The van der Waals surface area contributed by atoms with Gasteiger partial charge in [0.15, 0.2) is 7.00 Å². The number of hydrogen-bond donors (Lipinski definition) is 0. The first kappa shape index (κ1) is 23.0. The van der Waals surface area contributed by atoms with Gasteiger partial charge >= 0.3 is 7.60 Å². The van der Waals surface area contributed by atoms with Crippen LogP contribution in [0.4, 0.5) is 0 Å². The molecule has 0 aliphatic rings. The Labute approximate surface area is 136 Å². The molecule has 6 nitrogen and oxygen atoms in total. The normalized spacial score (nSPS) is 20.3. The average molecular weight is 393 g/mol. The fourth-order valence-corrected chi connectivity index (χ4v) is 11.7. The largest absolute Gasteiger partial charge is 0.778 e. The zero-order valence-electron chi connectivity index (χ0n) is 14.1. The van der Waals surface area contributed by atoms with Crippen LogP contribution in [0.25, 0.3) is 0 Å². The Morgan fingerprint density at radius 2 is 1.45 bits per heavy atom. The van der Waals surface area contributed by atoms with Gasteiger partial charge in [-0.15, -0.1) is 0 Å². The maximum absolute atomic E-state index is 12.9. The van der Waals surface area contributed by atoms with E-state index in [1.165, 1.54) is 0 Å². The molecule has 0 spiro atoms. The molecule has 0 amide bonds. The summed E-state index contributed by atoms with van der Waals surface area (Å²) in [5, 5.41) is 0. The van der Waals surface area contributed by atoms with Gasteiger partial charge in [0.05, 0.1) is 12.3 Å². The fourth-order valence-electron chi connectivity index (χ4n) is 1.82. The van der Waals surface area contributed by atoms with Crippen LogP contribution in [0.5, 0.6) is 0 Å². The standard InChI is InChI=1S/C12H30O6P4/c1-6-9-20(13,14)17-21(15,10-7-2)18-22(19,11-8-3)16-12(4)5/h12,19H,6-11H2,1-5H3,(H,13,14)/p-1. The quantitative estimate of drug-likeness (QED) is 0.417. The van der Waals surface area contributed by atoms with Gasteiger partial charge in [0.1, 0.15) is 7.60 Å². The smallest absolute Gasteiger partial charge is 0.340 e. The van der Waals surface area contributed by atoms with Crippen molar-refractivity contribution < 1.29 is 27.2 Å². The van der Waals surface area contributed by atoms with Crippen molar-refractivity contribution in [3.8, 4) is 0 Å². The summed E-state index contributed by atoms with van der Waals surface area (Å²) < 4.78 is 41.2. The van der Waals surface area contributed by atoms with Crippen LogP contribution in [0.3, 0.4) is 0 Å². The monoisotopic (exact) mass is 393 g/mol. The lowest BCUT2D eigenvalue weighted by atomic mass is 10.5. The zero-order chi connectivity index (χ0) is 17.4. The van der Waals surface area contributed by atoms with Crippen LogP contribution < -0.4 is 4.89 Å². The molecule has 10 heteroatoms. The highest BCUT2D eigenvalue weighted by Crippen LogP contribution is 2.72. The Bertz CT molecular complexity index is 465. The SMILES string of the molecule is CCCP(=O)([O-])OP(=O)(CCC)OP(=P)(CCC)OC(C)C. The Morgan fingerprint density at radius 3 is 1.86 bits per heavy atom. The third kappa shape index (κ3) is 9.36. The van der Waals surface area contributed by atoms with Crippen LogP contribution in [0, 0.1) is 0 Å². The number of hydrogen-bond acceptors (Lipinski definition) is 6. The summed E-state index contributed by atoms with van der Waals surface area (Å²) >= 11 is 0. The molecule has 0 fully saturated rings. The minimum Gasteiger partial charge on any atom is -0.778 e. The third-order valence-electron chi connectivity index (χ3n) is 2.40. The highest BCUT2D eigenvalue weighted by Gasteiger charge is 2.35. The molecule has 0 aromatic heterocycles. The first-order chi connectivity index (χ1) is 10.0. The molecule has 3 atom stereocenters. The van der Waals surface area contributed by atoms with E-state index in [1.807, 2.05) is 20.8 Å². The first-order valence-electron chi connectivity index (χ1n) is 7.64. The summed E-state index contributed by atoms with van der Waals surface area (Å²) in [4.78, 5) is 11.9. The first-order valence-corrected chi connectivity index (χ1v) is 14.3. The summed E-state index contributed by atoms with van der Waals surface area (Å²) in [7, 11) is -7.10. The van der Waals surface area contributed by atoms with Gasteiger partial charge < -0.3 is 14.0 Å². The summed E-state index contributed by atoms with van der Waals surface area (Å²) in [6, 6.07) is 0. The highest BCUT2D eigenvalue weighted by molar-refractivity contribution is 7.95. The van der Waals surface area contributed by atoms with E-state index >= 15 is 0 Å². The van der Waals surface area contributed by atoms with Crippen LogP contribution >= 0.6 is 30.7 Å². The molecule has 0 saturated carbocycles. The Morgan fingerprint density at radius 1 is 0.955 bits per heavy atom. The van der Waals surface area contributed by atoms with Crippen molar-refractivity contribution in [1.82, 2.24) is 0 Å². The predicted molar refractivity (Wildman–Crippen MR) is 94.3 cm³/mol. The van der Waals surface area contributed by atoms with E-state index in [4.69, 9.17) is 13.1 Å². The average Bonchev–Trinajstić information content (AvgIpc) is 2.25. The molecule has 0 rings (SSSR count). The maximum atomic E-state index is 12.9. The summed E-state index contributed by atoms with van der Waals surface area (Å²) in [5.74, 6) is 0. The molecule has 0 heterocycles. The molecule has 3 unspecified atom stereocenters. The van der Waals surface area contributed by atoms with Crippen LogP contribution in [0.15, 0.2) is 0 Å². The van der Waals surface area contributed by atoms with Gasteiger partial charge in [-0.05, 0) is 33.1 Å². The van der Waals surface area contributed by atoms with Gasteiger partial charge in [0.25, 0.3) is 0 Å². The van der Waals surface area contributed by atoms with Crippen LogP contribution in [-0.4, -0.2) is 24.6 Å². The zero-order valence-corrected chi connectivity index (χ0v) is 17.8. The van der Waals surface area contributed by atoms with Crippen molar-refractivity contribution in [3.05, 3.63) is 0 Å². The summed E-state index contributed by atoms with van der Waals surface area (Å²) in [6.07, 6.45) is 1.91. The van der Waals surface area contributed by atoms with E-state index in [1.54, 1.807) is 13.8 Å². The fraction of sp³-hybridized carbons (Fsp3) is 1.00. The van der Waals surface area contributed by atoms with Crippen molar-refractivity contribution in [2.24, 2.45) is 0 Å².